The van der Waals surface area contributed by atoms with Gasteiger partial charge in [-0.1, -0.05) is 36.4 Å². The van der Waals surface area contributed by atoms with Crippen molar-refractivity contribution in [1.82, 2.24) is 4.31 Å². The Morgan fingerprint density at radius 3 is 2.27 bits per heavy atom. The van der Waals surface area contributed by atoms with E-state index in [1.807, 2.05) is 0 Å². The standard InChI is InChI=1S/C15H11NO5S/c17-14(15(18)21-12-7-2-1-3-8-12)16-10-11-6-4-5-9-13(11)22(16,19)20/h1-9H,10H2. The van der Waals surface area contributed by atoms with Gasteiger partial charge in [0.25, 0.3) is 10.0 Å². The maximum Gasteiger partial charge on any atom is 0.403 e. The number of esters is 1. The summed E-state index contributed by atoms with van der Waals surface area (Å²) in [5.41, 5.74) is 0.475. The van der Waals surface area contributed by atoms with Crippen LogP contribution in [0.1, 0.15) is 5.56 Å². The fourth-order valence-electron chi connectivity index (χ4n) is 2.17. The van der Waals surface area contributed by atoms with Crippen molar-refractivity contribution in [3.8, 4) is 5.75 Å². The number of rotatable bonds is 1. The minimum Gasteiger partial charge on any atom is -0.419 e. The van der Waals surface area contributed by atoms with Crippen LogP contribution in [0.3, 0.4) is 0 Å². The van der Waals surface area contributed by atoms with Crippen LogP contribution in [0, 0.1) is 0 Å². The number of benzene rings is 2. The zero-order valence-electron chi connectivity index (χ0n) is 11.3. The Hall–Kier alpha value is -2.67. The van der Waals surface area contributed by atoms with E-state index in [0.29, 0.717) is 9.87 Å². The van der Waals surface area contributed by atoms with Crippen molar-refractivity contribution in [3.05, 3.63) is 60.2 Å². The highest BCUT2D eigenvalue weighted by Crippen LogP contribution is 2.30. The topological polar surface area (TPSA) is 80.8 Å². The van der Waals surface area contributed by atoms with Crippen molar-refractivity contribution in [2.24, 2.45) is 0 Å². The molecule has 0 bridgehead atoms. The molecule has 0 N–H and O–H groups in total. The Kier molecular flexibility index (Phi) is 3.42. The zero-order valence-corrected chi connectivity index (χ0v) is 12.1. The van der Waals surface area contributed by atoms with Crippen molar-refractivity contribution < 1.29 is 22.7 Å². The fraction of sp³-hybridized carbons (Fsp3) is 0.0667. The van der Waals surface area contributed by atoms with Gasteiger partial charge in [-0.3, -0.25) is 4.79 Å². The predicted molar refractivity (Wildman–Crippen MR) is 76.3 cm³/mol. The van der Waals surface area contributed by atoms with Crippen LogP contribution in [0.4, 0.5) is 0 Å². The van der Waals surface area contributed by atoms with E-state index in [2.05, 4.69) is 0 Å². The quantitative estimate of drug-likeness (QED) is 0.450. The molecule has 0 aromatic heterocycles. The summed E-state index contributed by atoms with van der Waals surface area (Å²) in [5.74, 6) is -2.27. The van der Waals surface area contributed by atoms with E-state index in [1.54, 1.807) is 36.4 Å². The summed E-state index contributed by atoms with van der Waals surface area (Å²) in [6.45, 7) is -0.165. The summed E-state index contributed by atoms with van der Waals surface area (Å²) in [7, 11) is -4.00. The normalized spacial score (nSPS) is 15.2. The molecule has 2 aromatic rings. The van der Waals surface area contributed by atoms with Gasteiger partial charge in [0.1, 0.15) is 5.75 Å². The first-order chi connectivity index (χ1) is 10.5. The zero-order chi connectivity index (χ0) is 15.7. The molecular weight excluding hydrogens is 306 g/mol. The molecule has 0 fully saturated rings. The summed E-state index contributed by atoms with van der Waals surface area (Å²) in [5, 5.41) is 0. The molecule has 0 spiro atoms. The fourth-order valence-corrected chi connectivity index (χ4v) is 3.72. The van der Waals surface area contributed by atoms with Gasteiger partial charge in [0.05, 0.1) is 11.4 Å². The van der Waals surface area contributed by atoms with Crippen molar-refractivity contribution in [1.29, 1.82) is 0 Å². The Morgan fingerprint density at radius 1 is 0.955 bits per heavy atom. The van der Waals surface area contributed by atoms with Gasteiger partial charge >= 0.3 is 11.9 Å². The third-order valence-electron chi connectivity index (χ3n) is 3.21. The molecule has 1 amide bonds. The predicted octanol–water partition coefficient (Wildman–Crippen LogP) is 1.32. The van der Waals surface area contributed by atoms with Crippen molar-refractivity contribution in [2.75, 3.05) is 0 Å². The maximum atomic E-state index is 12.3. The van der Waals surface area contributed by atoms with E-state index in [1.165, 1.54) is 18.2 Å². The van der Waals surface area contributed by atoms with E-state index in [0.717, 1.165) is 0 Å². The SMILES string of the molecule is O=C(Oc1ccccc1)C(=O)N1Cc2ccccc2S1(=O)=O. The van der Waals surface area contributed by atoms with Gasteiger partial charge in [-0.25, -0.2) is 17.5 Å². The lowest BCUT2D eigenvalue weighted by Gasteiger charge is -2.13. The van der Waals surface area contributed by atoms with Gasteiger partial charge in [-0.05, 0) is 23.8 Å². The van der Waals surface area contributed by atoms with E-state index in [-0.39, 0.29) is 17.2 Å². The first-order valence-corrected chi connectivity index (χ1v) is 7.86. The first-order valence-electron chi connectivity index (χ1n) is 6.42. The smallest absolute Gasteiger partial charge is 0.403 e. The summed E-state index contributed by atoms with van der Waals surface area (Å²) in [4.78, 5) is 24.0. The van der Waals surface area contributed by atoms with Crippen LogP contribution in [0.2, 0.25) is 0 Å². The van der Waals surface area contributed by atoms with Crippen LogP contribution in [-0.2, 0) is 26.2 Å². The number of para-hydroxylation sites is 1. The molecule has 3 rings (SSSR count). The lowest BCUT2D eigenvalue weighted by atomic mass is 10.2. The van der Waals surface area contributed by atoms with E-state index in [4.69, 9.17) is 4.74 Å². The van der Waals surface area contributed by atoms with Crippen LogP contribution in [0.5, 0.6) is 5.75 Å². The number of ether oxygens (including phenoxy) is 1. The Balaban J connectivity index is 1.84. The van der Waals surface area contributed by atoms with Crippen LogP contribution < -0.4 is 4.74 Å². The summed E-state index contributed by atoms with van der Waals surface area (Å²) >= 11 is 0. The Morgan fingerprint density at radius 2 is 1.59 bits per heavy atom. The molecular formula is C15H11NO5S. The Bertz CT molecular complexity index is 845. The largest absolute Gasteiger partial charge is 0.419 e. The minimum atomic E-state index is -4.00. The maximum absolute atomic E-state index is 12.3. The van der Waals surface area contributed by atoms with E-state index >= 15 is 0 Å². The lowest BCUT2D eigenvalue weighted by molar-refractivity contribution is -0.151. The number of hydrogen-bond donors (Lipinski definition) is 0. The molecule has 7 heteroatoms. The molecule has 0 aliphatic carbocycles. The average molecular weight is 317 g/mol. The highest BCUT2D eigenvalue weighted by Gasteiger charge is 2.41. The first kappa shape index (κ1) is 14.3. The molecule has 0 radical (unpaired) electrons. The van der Waals surface area contributed by atoms with Gasteiger partial charge < -0.3 is 4.74 Å². The van der Waals surface area contributed by atoms with Gasteiger partial charge in [0.15, 0.2) is 0 Å². The third-order valence-corrected chi connectivity index (χ3v) is 5.04. The van der Waals surface area contributed by atoms with Crippen LogP contribution in [0.15, 0.2) is 59.5 Å². The van der Waals surface area contributed by atoms with Crippen LogP contribution in [0.25, 0.3) is 0 Å². The second kappa shape index (κ2) is 5.27. The van der Waals surface area contributed by atoms with Crippen molar-refractivity contribution in [3.63, 3.8) is 0 Å². The van der Waals surface area contributed by atoms with Gasteiger partial charge in [-0.15, -0.1) is 0 Å². The summed E-state index contributed by atoms with van der Waals surface area (Å²) < 4.78 is 30.0. The van der Waals surface area contributed by atoms with Gasteiger partial charge in [-0.2, -0.15) is 0 Å². The molecule has 0 saturated heterocycles. The monoisotopic (exact) mass is 317 g/mol. The van der Waals surface area contributed by atoms with E-state index < -0.39 is 21.9 Å². The number of sulfonamides is 1. The highest BCUT2D eigenvalue weighted by molar-refractivity contribution is 7.90. The molecule has 1 aliphatic rings. The molecule has 112 valence electrons. The van der Waals surface area contributed by atoms with Crippen molar-refractivity contribution >= 4 is 21.9 Å². The number of hydrogen-bond acceptors (Lipinski definition) is 5. The molecule has 6 nitrogen and oxygen atoms in total. The van der Waals surface area contributed by atoms with Crippen LogP contribution >= 0.6 is 0 Å². The molecule has 1 aliphatic heterocycles. The second-order valence-corrected chi connectivity index (χ2v) is 6.46. The summed E-state index contributed by atoms with van der Waals surface area (Å²) in [6.07, 6.45) is 0. The van der Waals surface area contributed by atoms with Crippen molar-refractivity contribution in [2.45, 2.75) is 11.4 Å². The summed E-state index contributed by atoms with van der Waals surface area (Å²) in [6, 6.07) is 14.2. The molecule has 0 saturated carbocycles. The lowest BCUT2D eigenvalue weighted by Crippen LogP contribution is -2.39. The molecule has 0 unspecified atom stereocenters. The number of amides is 1. The number of carbonyl (C=O) groups is 2. The molecule has 2 aromatic carbocycles. The third kappa shape index (κ3) is 2.35. The molecule has 0 atom stereocenters. The second-order valence-electron chi connectivity index (χ2n) is 4.63. The van der Waals surface area contributed by atoms with Gasteiger partial charge in [0, 0.05) is 0 Å². The molecule has 22 heavy (non-hydrogen) atoms. The Labute approximate surface area is 127 Å². The minimum absolute atomic E-state index is 0.0378. The molecule has 1 heterocycles. The number of nitrogens with zero attached hydrogens (tertiary/aromatic N) is 1. The highest BCUT2D eigenvalue weighted by atomic mass is 32.2. The van der Waals surface area contributed by atoms with Crippen LogP contribution in [-0.4, -0.2) is 24.6 Å². The number of carbonyl (C=O) groups excluding carboxylic acids is 2. The van der Waals surface area contributed by atoms with Gasteiger partial charge in [0.2, 0.25) is 0 Å². The average Bonchev–Trinajstić information content (AvgIpc) is 2.79. The number of fused-ring (bicyclic) bond motifs is 1. The van der Waals surface area contributed by atoms with E-state index in [9.17, 15) is 18.0 Å².